The van der Waals surface area contributed by atoms with E-state index >= 15 is 0 Å². The van der Waals surface area contributed by atoms with Gasteiger partial charge in [-0.05, 0) is 61.4 Å². The molecule has 0 saturated carbocycles. The molecule has 2 atom stereocenters. The molecule has 0 radical (unpaired) electrons. The summed E-state index contributed by atoms with van der Waals surface area (Å²) in [5.41, 5.74) is 4.33. The molecule has 8 rings (SSSR count). The van der Waals surface area contributed by atoms with Crippen molar-refractivity contribution in [2.24, 2.45) is 0 Å². The van der Waals surface area contributed by atoms with Gasteiger partial charge < -0.3 is 14.4 Å². The van der Waals surface area contributed by atoms with E-state index in [2.05, 4.69) is 36.5 Å². The number of rotatable bonds is 9. The van der Waals surface area contributed by atoms with Crippen LogP contribution in [0.15, 0.2) is 101 Å². The fourth-order valence-corrected chi connectivity index (χ4v) is 6.96. The van der Waals surface area contributed by atoms with Crippen molar-refractivity contribution in [2.75, 3.05) is 31.2 Å². The molecule has 3 aromatic heterocycles. The zero-order chi connectivity index (χ0) is 38.8. The summed E-state index contributed by atoms with van der Waals surface area (Å²) in [4.78, 5) is 61.4. The molecular formula is C41H35N9O6. The summed E-state index contributed by atoms with van der Waals surface area (Å²) in [6.45, 7) is 3.97. The maximum Gasteiger partial charge on any atom is 0.275 e. The number of aromatic nitrogens is 6. The molecule has 2 amide bonds. The van der Waals surface area contributed by atoms with Gasteiger partial charge in [0.05, 0.1) is 54.0 Å². The Labute approximate surface area is 319 Å². The summed E-state index contributed by atoms with van der Waals surface area (Å²) in [6.07, 6.45) is 3.35. The molecule has 2 aliphatic heterocycles. The van der Waals surface area contributed by atoms with Crippen LogP contribution >= 0.6 is 0 Å². The minimum absolute atomic E-state index is 0.152. The van der Waals surface area contributed by atoms with Crippen molar-refractivity contribution in [3.63, 3.8) is 0 Å². The van der Waals surface area contributed by atoms with Gasteiger partial charge in [0.25, 0.3) is 17.0 Å². The quantitative estimate of drug-likeness (QED) is 0.212. The number of ether oxygens (including phenoxy) is 2. The van der Waals surface area contributed by atoms with Crippen molar-refractivity contribution in [3.05, 3.63) is 129 Å². The fourth-order valence-electron chi connectivity index (χ4n) is 6.96. The molecule has 3 aromatic carbocycles. The van der Waals surface area contributed by atoms with Crippen LogP contribution in [-0.2, 0) is 20.9 Å². The Morgan fingerprint density at radius 3 is 2.57 bits per heavy atom. The number of piperidine rings is 1. The van der Waals surface area contributed by atoms with Crippen LogP contribution in [0.1, 0.15) is 35.7 Å². The fraction of sp³-hybridized carbons (Fsp3) is 0.244. The SMILES string of the molecule is Cc1nn(C2CCC(=O)NC2=O)c(=O)c2ccc(N3CCO[C@@H](COc4cnc(-c5cccc(Cn6nc(-c7cccc(C#N)c7)ccc6=O)c5)nc4)C3)cc12. The highest BCUT2D eigenvalue weighted by Gasteiger charge is 2.30. The zero-order valence-electron chi connectivity index (χ0n) is 30.3. The van der Waals surface area contributed by atoms with E-state index in [9.17, 15) is 24.4 Å². The third-order valence-corrected chi connectivity index (χ3v) is 9.83. The summed E-state index contributed by atoms with van der Waals surface area (Å²) in [5, 5.41) is 21.7. The Bertz CT molecular complexity index is 2650. The van der Waals surface area contributed by atoms with Gasteiger partial charge in [0.1, 0.15) is 18.8 Å². The van der Waals surface area contributed by atoms with E-state index < -0.39 is 11.9 Å². The Balaban J connectivity index is 0.904. The number of aryl methyl sites for hydroxylation is 1. The maximum absolute atomic E-state index is 13.4. The standard InChI is InChI=1S/C41H35N9O6/c1-25-34-18-30(8-9-33(34)41(54)50(46-25)36-11-12-37(51)45-40(36)53)48-14-15-55-32(23-48)24-56-31-20-43-39(44-21-31)29-7-3-5-27(17-29)22-49-38(52)13-10-35(47-49)28-6-2-4-26(16-28)19-42/h2-10,13,16-18,20-21,32,36H,11-12,14-15,22-24H2,1H3,(H,45,51,53)/t32-,36?/m1/s1. The summed E-state index contributed by atoms with van der Waals surface area (Å²) in [6, 6.07) is 24.7. The van der Waals surface area contributed by atoms with Crippen LogP contribution in [0.3, 0.4) is 0 Å². The van der Waals surface area contributed by atoms with E-state index in [1.54, 1.807) is 49.6 Å². The van der Waals surface area contributed by atoms with Crippen LogP contribution in [0.2, 0.25) is 0 Å². The molecule has 0 spiro atoms. The van der Waals surface area contributed by atoms with Gasteiger partial charge in [-0.15, -0.1) is 0 Å². The van der Waals surface area contributed by atoms with Crippen LogP contribution in [0.25, 0.3) is 33.4 Å². The van der Waals surface area contributed by atoms with Gasteiger partial charge in [-0.25, -0.2) is 19.3 Å². The second-order valence-electron chi connectivity index (χ2n) is 13.6. The molecule has 2 saturated heterocycles. The number of benzene rings is 3. The molecular weight excluding hydrogens is 715 g/mol. The zero-order valence-corrected chi connectivity index (χ0v) is 30.3. The highest BCUT2D eigenvalue weighted by Crippen LogP contribution is 2.26. The molecule has 6 aromatic rings. The summed E-state index contributed by atoms with van der Waals surface area (Å²) < 4.78 is 14.6. The minimum Gasteiger partial charge on any atom is -0.488 e. The van der Waals surface area contributed by atoms with Gasteiger partial charge in [0.15, 0.2) is 11.6 Å². The highest BCUT2D eigenvalue weighted by atomic mass is 16.5. The van der Waals surface area contributed by atoms with Crippen molar-refractivity contribution in [1.29, 1.82) is 5.26 Å². The molecule has 2 aliphatic rings. The average Bonchev–Trinajstić information content (AvgIpc) is 3.22. The Kier molecular flexibility index (Phi) is 9.86. The van der Waals surface area contributed by atoms with Crippen molar-refractivity contribution < 1.29 is 19.1 Å². The number of carbonyl (C=O) groups excluding carboxylic acids is 2. The van der Waals surface area contributed by atoms with Crippen molar-refractivity contribution >= 4 is 28.3 Å². The maximum atomic E-state index is 13.4. The number of morpholine rings is 1. The van der Waals surface area contributed by atoms with Gasteiger partial charge in [0.2, 0.25) is 5.91 Å². The van der Waals surface area contributed by atoms with Gasteiger partial charge in [0, 0.05) is 47.8 Å². The monoisotopic (exact) mass is 749 g/mol. The van der Waals surface area contributed by atoms with Gasteiger partial charge in [-0.1, -0.05) is 30.3 Å². The average molecular weight is 750 g/mol. The number of carbonyl (C=O) groups is 2. The summed E-state index contributed by atoms with van der Waals surface area (Å²) in [7, 11) is 0. The number of anilines is 1. The normalized spacial score (nSPS) is 17.0. The molecule has 0 aliphatic carbocycles. The first-order chi connectivity index (χ1) is 27.2. The molecule has 280 valence electrons. The van der Waals surface area contributed by atoms with Crippen LogP contribution in [-0.4, -0.2) is 73.8 Å². The Morgan fingerprint density at radius 2 is 1.75 bits per heavy atom. The Morgan fingerprint density at radius 1 is 0.929 bits per heavy atom. The molecule has 15 nitrogen and oxygen atoms in total. The summed E-state index contributed by atoms with van der Waals surface area (Å²) >= 11 is 0. The largest absolute Gasteiger partial charge is 0.488 e. The van der Waals surface area contributed by atoms with Crippen LogP contribution < -0.4 is 26.1 Å². The molecule has 2 fully saturated rings. The smallest absolute Gasteiger partial charge is 0.275 e. The number of imide groups is 1. The second kappa shape index (κ2) is 15.4. The third-order valence-electron chi connectivity index (χ3n) is 9.83. The lowest BCUT2D eigenvalue weighted by atomic mass is 10.1. The number of nitriles is 1. The topological polar surface area (TPSA) is 187 Å². The molecule has 15 heteroatoms. The third kappa shape index (κ3) is 7.50. The number of amides is 2. The minimum atomic E-state index is -0.830. The van der Waals surface area contributed by atoms with Gasteiger partial charge >= 0.3 is 0 Å². The van der Waals surface area contributed by atoms with E-state index in [0.29, 0.717) is 59.0 Å². The van der Waals surface area contributed by atoms with Crippen LogP contribution in [0.4, 0.5) is 5.69 Å². The second-order valence-corrected chi connectivity index (χ2v) is 13.6. The van der Waals surface area contributed by atoms with Gasteiger partial charge in [-0.3, -0.25) is 24.5 Å². The van der Waals surface area contributed by atoms with E-state index in [-0.39, 0.29) is 49.1 Å². The number of nitrogens with zero attached hydrogens (tertiary/aromatic N) is 8. The number of nitrogens with one attached hydrogen (secondary N) is 1. The van der Waals surface area contributed by atoms with Crippen molar-refractivity contribution in [3.8, 4) is 34.5 Å². The number of fused-ring (bicyclic) bond motifs is 1. The van der Waals surface area contributed by atoms with E-state index in [4.69, 9.17) is 9.47 Å². The van der Waals surface area contributed by atoms with E-state index in [1.165, 1.54) is 15.4 Å². The van der Waals surface area contributed by atoms with Crippen LogP contribution in [0.5, 0.6) is 5.75 Å². The highest BCUT2D eigenvalue weighted by molar-refractivity contribution is 5.99. The van der Waals surface area contributed by atoms with E-state index in [1.807, 2.05) is 42.5 Å². The first-order valence-electron chi connectivity index (χ1n) is 18.1. The first kappa shape index (κ1) is 36.0. The van der Waals surface area contributed by atoms with Crippen molar-refractivity contribution in [1.82, 2.24) is 34.8 Å². The molecule has 0 bridgehead atoms. The number of hydrogen-bond acceptors (Lipinski definition) is 12. The lowest BCUT2D eigenvalue weighted by Gasteiger charge is -2.34. The van der Waals surface area contributed by atoms with Crippen molar-refractivity contribution in [2.45, 2.75) is 38.5 Å². The lowest BCUT2D eigenvalue weighted by Crippen LogP contribution is -2.45. The first-order valence-corrected chi connectivity index (χ1v) is 18.1. The Hall–Kier alpha value is -7.05. The van der Waals surface area contributed by atoms with Crippen LogP contribution in [0, 0.1) is 18.3 Å². The molecule has 5 heterocycles. The lowest BCUT2D eigenvalue weighted by molar-refractivity contribution is -0.136. The predicted molar refractivity (Wildman–Crippen MR) is 205 cm³/mol. The molecule has 56 heavy (non-hydrogen) atoms. The molecule has 1 N–H and O–H groups in total. The predicted octanol–water partition coefficient (Wildman–Crippen LogP) is 3.57. The van der Waals surface area contributed by atoms with E-state index in [0.717, 1.165) is 22.4 Å². The van der Waals surface area contributed by atoms with Gasteiger partial charge in [-0.2, -0.15) is 15.5 Å². The summed E-state index contributed by atoms with van der Waals surface area (Å²) in [5.74, 6) is 0.107. The number of hydrogen-bond donors (Lipinski definition) is 1. The molecule has 1 unspecified atom stereocenters.